The summed E-state index contributed by atoms with van der Waals surface area (Å²) < 4.78 is 28.2. The van der Waals surface area contributed by atoms with Gasteiger partial charge in [0.25, 0.3) is 0 Å². The zero-order valence-corrected chi connectivity index (χ0v) is 83.7. The molecule has 0 aromatic heterocycles. The molecule has 0 radical (unpaired) electrons. The predicted octanol–water partition coefficient (Wildman–Crippen LogP) is 39.3. The number of aryl methyl sites for hydroxylation is 2. The molecule has 0 saturated carbocycles. The lowest BCUT2D eigenvalue weighted by Crippen LogP contribution is -2.14. The molecule has 150 heavy (non-hydrogen) atoms. The van der Waals surface area contributed by atoms with Gasteiger partial charge in [0.2, 0.25) is 0 Å². The zero-order chi connectivity index (χ0) is 103. The second-order valence-electron chi connectivity index (χ2n) is 39.9. The predicted molar refractivity (Wildman–Crippen MR) is 618 cm³/mol. The minimum absolute atomic E-state index is 0.0318. The summed E-state index contributed by atoms with van der Waals surface area (Å²) in [4.78, 5) is 24.2. The lowest BCUT2D eigenvalue weighted by Gasteiger charge is -2.30. The topological polar surface area (TPSA) is 104 Å². The van der Waals surface area contributed by atoms with E-state index in [0.717, 1.165) is 156 Å². The molecular formula is C136H96F2N12. The van der Waals surface area contributed by atoms with Crippen LogP contribution in [0, 0.1) is 79.2 Å². The molecule has 14 heteroatoms. The summed E-state index contributed by atoms with van der Waals surface area (Å²) in [6.07, 6.45) is 0. The number of hydrogen-bond acceptors (Lipinski definition) is 9. The van der Waals surface area contributed by atoms with E-state index in [0.29, 0.717) is 33.8 Å². The van der Waals surface area contributed by atoms with Crippen molar-refractivity contribution in [3.05, 3.63) is 522 Å². The molecule has 0 fully saturated rings. The molecule has 0 aliphatic heterocycles. The molecule has 0 spiro atoms. The summed E-state index contributed by atoms with van der Waals surface area (Å²) in [6, 6.07) is 153. The van der Waals surface area contributed by atoms with Gasteiger partial charge in [-0.2, -0.15) is 15.8 Å². The standard InChI is InChI=1S/C50H42N4.C44H30N4.C42H24F2N4/c1-49(2,3)36-14-22-40(23-15-36)53(39-20-8-33(32-51)9-21-39)45-30-12-34-11-29-44-46(31-13-35-10-28-43(45)47(34)48(35)44)54(42-26-18-38(52-7)19-27-42)41-24-16-37(17-25-41)50(4,5)6;1-29-4-16-35(17-5-29)47(37-20-8-31(28-45)9-21-37)41-26-12-32-11-25-40-42(27-13-33-10-24-39(41)43(32)44(33)40)48(36-18-6-30(2)7-19-36)38-22-14-34(46-3)15-23-38;1-46-32-12-20-36(21-13-32)48(35-18-10-31(44)11-19-35)40-25-7-29-4-22-37-39(24-6-28-5-23-38(40)42(29)41(28)37)47(34-16-8-30(43)9-17-34)33-14-2-27(26-45)3-15-33/h8-31H,1-6H3;4-27H,1-2H3;2-25H. The lowest BCUT2D eigenvalue weighted by molar-refractivity contribution is 0.590. The largest absolute Gasteiger partial charge is 0.310 e. The first-order chi connectivity index (χ1) is 73.0. The van der Waals surface area contributed by atoms with Gasteiger partial charge in [0.1, 0.15) is 11.6 Å². The fraction of sp³-hybridized carbons (Fsp3) is 0.0735. The van der Waals surface area contributed by atoms with Crippen LogP contribution in [0.15, 0.2) is 437 Å². The molecule has 24 rings (SSSR count). The second kappa shape index (κ2) is 39.3. The maximum absolute atomic E-state index is 14.1. The Balaban J connectivity index is 0.000000127. The van der Waals surface area contributed by atoms with E-state index in [1.807, 2.05) is 121 Å². The highest BCUT2D eigenvalue weighted by Gasteiger charge is 2.30. The van der Waals surface area contributed by atoms with E-state index in [-0.39, 0.29) is 22.5 Å². The Morgan fingerprint density at radius 1 is 0.200 bits per heavy atom. The average Bonchev–Trinajstić information content (AvgIpc) is 0.725. The molecule has 0 bridgehead atoms. The van der Waals surface area contributed by atoms with Crippen molar-refractivity contribution in [2.45, 2.75) is 66.2 Å². The van der Waals surface area contributed by atoms with Crippen LogP contribution >= 0.6 is 0 Å². The SMILES string of the molecule is [C-]#[N+]c1ccc(N(c2ccc(C(C)(C)C)cc2)c2ccc3ccc4c(N(c5ccc(C#N)cc5)c5ccc(C(C)(C)C)cc5)ccc5ccc2c3c54)cc1.[C-]#[N+]c1ccc(N(c2ccc(C)cc2)c2ccc3ccc4c(N(c5ccc(C)cc5)c5ccc(C#N)cc5)ccc5ccc2c3c54)cc1.[C-]#[N+]c1ccc(N(c2ccc(F)cc2)c2ccc3ccc4c(N(c5ccc(F)cc5)c5ccc(C#N)cc5)ccc5ccc2c3c54)cc1. The smallest absolute Gasteiger partial charge is 0.187 e. The maximum Gasteiger partial charge on any atom is 0.187 e. The Kier molecular flexibility index (Phi) is 24.8. The highest BCUT2D eigenvalue weighted by Crippen LogP contribution is 2.54. The molecule has 714 valence electrons. The summed E-state index contributed by atoms with van der Waals surface area (Å²) in [5, 5.41) is 49.0. The van der Waals surface area contributed by atoms with Gasteiger partial charge in [-0.1, -0.05) is 247 Å². The summed E-state index contributed by atoms with van der Waals surface area (Å²) >= 11 is 0. The van der Waals surface area contributed by atoms with Crippen molar-refractivity contribution in [3.8, 4) is 18.2 Å². The van der Waals surface area contributed by atoms with E-state index < -0.39 is 0 Å². The van der Waals surface area contributed by atoms with E-state index in [2.05, 4.69) is 360 Å². The molecule has 0 N–H and O–H groups in total. The molecular weight excluding hydrogens is 1840 g/mol. The van der Waals surface area contributed by atoms with Crippen LogP contribution in [-0.2, 0) is 10.8 Å². The molecule has 0 aliphatic rings. The van der Waals surface area contributed by atoms with Crippen LogP contribution < -0.4 is 29.4 Å². The number of nitriles is 3. The van der Waals surface area contributed by atoms with Gasteiger partial charge in [-0.05, 0) is 343 Å². The molecule has 0 saturated heterocycles. The number of anilines is 18. The van der Waals surface area contributed by atoms with Crippen molar-refractivity contribution < 1.29 is 8.78 Å². The average molecular weight is 1940 g/mol. The summed E-state index contributed by atoms with van der Waals surface area (Å²) in [7, 11) is 0. The van der Waals surface area contributed by atoms with Crippen LogP contribution in [0.4, 0.5) is 128 Å². The number of benzene rings is 24. The van der Waals surface area contributed by atoms with Gasteiger partial charge in [-0.3, -0.25) is 0 Å². The Morgan fingerprint density at radius 3 is 0.520 bits per heavy atom. The minimum Gasteiger partial charge on any atom is -0.310 e. The van der Waals surface area contributed by atoms with Gasteiger partial charge in [0, 0.05) is 101 Å². The monoisotopic (exact) mass is 1930 g/mol. The lowest BCUT2D eigenvalue weighted by atomic mass is 9.87. The molecule has 0 amide bonds. The zero-order valence-electron chi connectivity index (χ0n) is 83.7. The van der Waals surface area contributed by atoms with Crippen molar-refractivity contribution in [2.24, 2.45) is 0 Å². The molecule has 0 heterocycles. The van der Waals surface area contributed by atoms with Gasteiger partial charge in [0.05, 0.1) is 88.7 Å². The second-order valence-corrected chi connectivity index (χ2v) is 39.9. The van der Waals surface area contributed by atoms with Crippen LogP contribution in [0.25, 0.3) is 111 Å². The maximum atomic E-state index is 14.1. The van der Waals surface area contributed by atoms with Crippen molar-refractivity contribution in [1.29, 1.82) is 15.8 Å². The van der Waals surface area contributed by atoms with Crippen LogP contribution in [0.3, 0.4) is 0 Å². The van der Waals surface area contributed by atoms with Crippen LogP contribution in [0.5, 0.6) is 0 Å². The third-order valence-electron chi connectivity index (χ3n) is 28.5. The number of hydrogen-bond donors (Lipinski definition) is 0. The molecule has 0 unspecified atom stereocenters. The van der Waals surface area contributed by atoms with E-state index in [9.17, 15) is 24.6 Å². The summed E-state index contributed by atoms with van der Waals surface area (Å²) in [5.74, 6) is -0.645. The highest BCUT2D eigenvalue weighted by atomic mass is 19.1. The first-order valence-electron chi connectivity index (χ1n) is 49.7. The van der Waals surface area contributed by atoms with Gasteiger partial charge >= 0.3 is 0 Å². The van der Waals surface area contributed by atoms with E-state index >= 15 is 0 Å². The molecule has 24 aromatic carbocycles. The van der Waals surface area contributed by atoms with Gasteiger partial charge in [0.15, 0.2) is 17.1 Å². The fourth-order valence-electron chi connectivity index (χ4n) is 20.9. The van der Waals surface area contributed by atoms with Gasteiger partial charge < -0.3 is 29.4 Å². The van der Waals surface area contributed by atoms with Gasteiger partial charge in [-0.25, -0.2) is 23.3 Å². The number of halogens is 2. The van der Waals surface area contributed by atoms with E-state index in [4.69, 9.17) is 19.7 Å². The third kappa shape index (κ3) is 17.9. The highest BCUT2D eigenvalue weighted by molar-refractivity contribution is 6.31. The van der Waals surface area contributed by atoms with E-state index in [1.54, 1.807) is 48.5 Å². The van der Waals surface area contributed by atoms with Crippen molar-refractivity contribution in [1.82, 2.24) is 0 Å². The van der Waals surface area contributed by atoms with Crippen LogP contribution in [-0.4, -0.2) is 0 Å². The summed E-state index contributed by atoms with van der Waals surface area (Å²) in [5.41, 5.74) is 26.1. The normalized spacial score (nSPS) is 11.4. The first kappa shape index (κ1) is 94.9. The van der Waals surface area contributed by atoms with Crippen molar-refractivity contribution in [2.75, 3.05) is 29.4 Å². The minimum atomic E-state index is -0.323. The van der Waals surface area contributed by atoms with Crippen LogP contribution in [0.2, 0.25) is 0 Å². The Hall–Kier alpha value is -20.0. The van der Waals surface area contributed by atoms with Crippen molar-refractivity contribution >= 4 is 216 Å². The molecule has 24 aromatic rings. The number of rotatable bonds is 18. The third-order valence-corrected chi connectivity index (χ3v) is 28.5. The number of nitrogens with zero attached hydrogens (tertiary/aromatic N) is 12. The molecule has 0 atom stereocenters. The quantitative estimate of drug-likeness (QED) is 0.0614. The molecule has 0 aliphatic carbocycles. The van der Waals surface area contributed by atoms with Crippen molar-refractivity contribution in [3.63, 3.8) is 0 Å². The summed E-state index contributed by atoms with van der Waals surface area (Å²) in [6.45, 7) is 40.1. The fourth-order valence-corrected chi connectivity index (χ4v) is 20.9. The molecule has 12 nitrogen and oxygen atoms in total. The van der Waals surface area contributed by atoms with E-state index in [1.165, 1.54) is 89.6 Å². The van der Waals surface area contributed by atoms with Gasteiger partial charge in [-0.15, -0.1) is 0 Å². The Bertz CT molecular complexity index is 8610. The Labute approximate surface area is 870 Å². The Morgan fingerprint density at radius 2 is 0.353 bits per heavy atom. The first-order valence-corrected chi connectivity index (χ1v) is 49.7. The van der Waals surface area contributed by atoms with Crippen LogP contribution in [0.1, 0.15) is 80.5 Å².